The molecule has 5 rings (SSSR count). The molecule has 0 aliphatic rings. The lowest BCUT2D eigenvalue weighted by atomic mass is 9.77. The van der Waals surface area contributed by atoms with Crippen LogP contribution in [-0.4, -0.2) is 32.2 Å². The van der Waals surface area contributed by atoms with Gasteiger partial charge in [0.15, 0.2) is 0 Å². The quantitative estimate of drug-likeness (QED) is 0.0664. The molecule has 2 amide bonds. The normalized spacial score (nSPS) is 11.6. The van der Waals surface area contributed by atoms with Crippen LogP contribution in [0.3, 0.4) is 0 Å². The number of phenolic OH excluding ortho intramolecular Hbond substituents is 4. The third-order valence-corrected chi connectivity index (χ3v) is 8.84. The standard InChI is InChI=1S/C38H38N4O6/c1-37(2,23-9-13-31(43)27(39)17-23)25-11-15-33(45)29(19-25)41-35(47)21-5-7-22(8-6-21)36(48)42-30-20-26(12-16-34(30)46)38(3,4)24-10-14-32(44)28(40)18-24/h5-20,43-46H,39-40H2,1-4H3,(H,41,47)(H,42,48). The molecular formula is C38H38N4O6. The van der Waals surface area contributed by atoms with Gasteiger partial charge < -0.3 is 42.5 Å². The van der Waals surface area contributed by atoms with Crippen LogP contribution in [0.1, 0.15) is 70.7 Å². The van der Waals surface area contributed by atoms with Crippen molar-refractivity contribution in [3.63, 3.8) is 0 Å². The molecule has 48 heavy (non-hydrogen) atoms. The Kier molecular flexibility index (Phi) is 8.69. The zero-order chi connectivity index (χ0) is 35.0. The van der Waals surface area contributed by atoms with Crippen LogP contribution in [0.5, 0.6) is 23.0 Å². The first-order valence-corrected chi connectivity index (χ1v) is 15.2. The minimum Gasteiger partial charge on any atom is -0.506 e. The first-order chi connectivity index (χ1) is 22.6. The zero-order valence-corrected chi connectivity index (χ0v) is 27.0. The van der Waals surface area contributed by atoms with Crippen LogP contribution >= 0.6 is 0 Å². The van der Waals surface area contributed by atoms with Gasteiger partial charge in [-0.1, -0.05) is 52.0 Å². The number of phenols is 4. The number of hydrogen-bond acceptors (Lipinski definition) is 8. The Balaban J connectivity index is 1.30. The molecule has 0 saturated heterocycles. The summed E-state index contributed by atoms with van der Waals surface area (Å²) >= 11 is 0. The van der Waals surface area contributed by atoms with Crippen LogP contribution in [0.4, 0.5) is 22.7 Å². The molecule has 10 heteroatoms. The molecule has 10 N–H and O–H groups in total. The van der Waals surface area contributed by atoms with Gasteiger partial charge in [0, 0.05) is 22.0 Å². The molecule has 0 saturated carbocycles. The lowest BCUT2D eigenvalue weighted by molar-refractivity contribution is 0.101. The summed E-state index contributed by atoms with van der Waals surface area (Å²) in [4.78, 5) is 26.3. The van der Waals surface area contributed by atoms with E-state index < -0.39 is 22.6 Å². The SMILES string of the molecule is CC(C)(c1ccc(O)c(N)c1)c1ccc(O)c(NC(=O)c2ccc(C(=O)Nc3cc(C(C)(C)c4ccc(O)c(N)c4)ccc3O)cc2)c1. The first kappa shape index (κ1) is 33.2. The average molecular weight is 647 g/mol. The Hall–Kier alpha value is -6.16. The van der Waals surface area contributed by atoms with E-state index in [0.29, 0.717) is 0 Å². The Morgan fingerprint density at radius 3 is 1.08 bits per heavy atom. The molecule has 0 aliphatic heterocycles. The molecule has 0 spiro atoms. The van der Waals surface area contributed by atoms with Gasteiger partial charge in [-0.3, -0.25) is 9.59 Å². The maximum Gasteiger partial charge on any atom is 0.255 e. The Labute approximate surface area is 278 Å². The van der Waals surface area contributed by atoms with Crippen LogP contribution in [0.15, 0.2) is 97.1 Å². The van der Waals surface area contributed by atoms with Crippen molar-refractivity contribution in [2.45, 2.75) is 38.5 Å². The van der Waals surface area contributed by atoms with E-state index in [9.17, 15) is 30.0 Å². The fourth-order valence-corrected chi connectivity index (χ4v) is 5.43. The van der Waals surface area contributed by atoms with E-state index in [2.05, 4.69) is 10.6 Å². The second kappa shape index (κ2) is 12.6. The monoisotopic (exact) mass is 646 g/mol. The number of rotatable bonds is 8. The van der Waals surface area contributed by atoms with Gasteiger partial charge in [0.1, 0.15) is 23.0 Å². The van der Waals surface area contributed by atoms with Crippen LogP contribution < -0.4 is 22.1 Å². The van der Waals surface area contributed by atoms with Crippen LogP contribution in [-0.2, 0) is 10.8 Å². The molecule has 0 bridgehead atoms. The largest absolute Gasteiger partial charge is 0.506 e. The zero-order valence-electron chi connectivity index (χ0n) is 27.0. The molecule has 0 heterocycles. The number of carbonyl (C=O) groups excluding carboxylic acids is 2. The molecule has 5 aromatic carbocycles. The van der Waals surface area contributed by atoms with Gasteiger partial charge in [-0.05, 0) is 95.1 Å². The van der Waals surface area contributed by atoms with E-state index in [4.69, 9.17) is 11.5 Å². The second-order valence-electron chi connectivity index (χ2n) is 12.7. The Morgan fingerprint density at radius 2 is 0.771 bits per heavy atom. The van der Waals surface area contributed by atoms with Crippen LogP contribution in [0, 0.1) is 0 Å². The van der Waals surface area contributed by atoms with Gasteiger partial charge in [0.25, 0.3) is 11.8 Å². The highest BCUT2D eigenvalue weighted by Gasteiger charge is 2.27. The molecular weight excluding hydrogens is 608 g/mol. The highest BCUT2D eigenvalue weighted by Crippen LogP contribution is 2.39. The molecule has 0 radical (unpaired) electrons. The highest BCUT2D eigenvalue weighted by molar-refractivity contribution is 6.08. The first-order valence-electron chi connectivity index (χ1n) is 15.2. The Morgan fingerprint density at radius 1 is 0.479 bits per heavy atom. The maximum atomic E-state index is 13.2. The number of carbonyl (C=O) groups is 2. The van der Waals surface area contributed by atoms with E-state index in [1.807, 2.05) is 27.7 Å². The predicted molar refractivity (Wildman–Crippen MR) is 188 cm³/mol. The lowest BCUT2D eigenvalue weighted by Gasteiger charge is -2.27. The fraction of sp³-hybridized carbons (Fsp3) is 0.158. The van der Waals surface area contributed by atoms with Crippen LogP contribution in [0.2, 0.25) is 0 Å². The summed E-state index contributed by atoms with van der Waals surface area (Å²) < 4.78 is 0. The maximum absolute atomic E-state index is 13.2. The van der Waals surface area contributed by atoms with E-state index in [1.165, 1.54) is 48.5 Å². The minimum atomic E-state index is -0.576. The summed E-state index contributed by atoms with van der Waals surface area (Å²) in [5.74, 6) is -1.26. The number of amides is 2. The molecule has 0 aliphatic carbocycles. The third-order valence-electron chi connectivity index (χ3n) is 8.84. The van der Waals surface area contributed by atoms with Gasteiger partial charge in [0.2, 0.25) is 0 Å². The van der Waals surface area contributed by atoms with Crippen molar-refractivity contribution in [2.24, 2.45) is 0 Å². The number of anilines is 4. The Bertz CT molecular complexity index is 1890. The lowest BCUT2D eigenvalue weighted by Crippen LogP contribution is -2.20. The van der Waals surface area contributed by atoms with Gasteiger partial charge >= 0.3 is 0 Å². The van der Waals surface area contributed by atoms with Crippen molar-refractivity contribution in [3.8, 4) is 23.0 Å². The fourth-order valence-electron chi connectivity index (χ4n) is 5.43. The number of nitrogens with one attached hydrogen (secondary N) is 2. The van der Waals surface area contributed by atoms with E-state index >= 15 is 0 Å². The summed E-state index contributed by atoms with van der Waals surface area (Å²) in [5.41, 5.74) is 15.3. The van der Waals surface area contributed by atoms with Gasteiger partial charge in [-0.2, -0.15) is 0 Å². The van der Waals surface area contributed by atoms with Crippen molar-refractivity contribution >= 4 is 34.6 Å². The summed E-state index contributed by atoms with van der Waals surface area (Å²) in [5, 5.41) is 46.2. The van der Waals surface area contributed by atoms with E-state index in [-0.39, 0.29) is 56.9 Å². The predicted octanol–water partition coefficient (Wildman–Crippen LogP) is 6.83. The molecule has 0 aromatic heterocycles. The molecule has 0 atom stereocenters. The second-order valence-corrected chi connectivity index (χ2v) is 12.7. The van der Waals surface area contributed by atoms with Crippen molar-refractivity contribution < 1.29 is 30.0 Å². The molecule has 10 nitrogen and oxygen atoms in total. The van der Waals surface area contributed by atoms with Gasteiger partial charge in [-0.15, -0.1) is 0 Å². The molecule has 5 aromatic rings. The summed E-state index contributed by atoms with van der Waals surface area (Å²) in [6, 6.07) is 25.8. The smallest absolute Gasteiger partial charge is 0.255 e. The molecule has 246 valence electrons. The number of nitrogen functional groups attached to an aromatic ring is 2. The van der Waals surface area contributed by atoms with Crippen molar-refractivity contribution in [2.75, 3.05) is 22.1 Å². The third kappa shape index (κ3) is 6.54. The summed E-state index contributed by atoms with van der Waals surface area (Å²) in [6.45, 7) is 7.85. The van der Waals surface area contributed by atoms with Crippen LogP contribution in [0.25, 0.3) is 0 Å². The van der Waals surface area contributed by atoms with Gasteiger partial charge in [-0.25, -0.2) is 0 Å². The van der Waals surface area contributed by atoms with Gasteiger partial charge in [0.05, 0.1) is 22.7 Å². The highest BCUT2D eigenvalue weighted by atomic mass is 16.3. The van der Waals surface area contributed by atoms with E-state index in [0.717, 1.165) is 22.3 Å². The van der Waals surface area contributed by atoms with Crippen molar-refractivity contribution in [1.29, 1.82) is 0 Å². The van der Waals surface area contributed by atoms with E-state index in [1.54, 1.807) is 48.5 Å². The molecule has 0 unspecified atom stereocenters. The van der Waals surface area contributed by atoms with Crippen molar-refractivity contribution in [3.05, 3.63) is 130 Å². The minimum absolute atomic E-state index is 0.0126. The average Bonchev–Trinajstić information content (AvgIpc) is 3.05. The number of hydrogen-bond donors (Lipinski definition) is 8. The number of aromatic hydroxyl groups is 4. The van der Waals surface area contributed by atoms with Crippen molar-refractivity contribution in [1.82, 2.24) is 0 Å². The number of benzene rings is 5. The summed E-state index contributed by atoms with van der Waals surface area (Å²) in [6.07, 6.45) is 0. The summed E-state index contributed by atoms with van der Waals surface area (Å²) in [7, 11) is 0. The number of nitrogens with two attached hydrogens (primary N) is 2. The molecule has 0 fully saturated rings. The topological polar surface area (TPSA) is 191 Å².